The summed E-state index contributed by atoms with van der Waals surface area (Å²) in [5.41, 5.74) is 2.32. The Morgan fingerprint density at radius 2 is 2.18 bits per heavy atom. The van der Waals surface area contributed by atoms with E-state index in [9.17, 15) is 4.79 Å². The van der Waals surface area contributed by atoms with Gasteiger partial charge in [-0.05, 0) is 37.8 Å². The number of carbonyl (C=O) groups is 1. The van der Waals surface area contributed by atoms with E-state index in [0.29, 0.717) is 23.1 Å². The molecule has 0 fully saturated rings. The van der Waals surface area contributed by atoms with Gasteiger partial charge in [-0.1, -0.05) is 23.9 Å². The fourth-order valence-corrected chi connectivity index (χ4v) is 2.12. The number of nitrogens with one attached hydrogen (secondary N) is 1. The largest absolute Gasteiger partial charge is 0.462 e. The average molecular weight is 340 g/mol. The van der Waals surface area contributed by atoms with Gasteiger partial charge in [0.05, 0.1) is 6.61 Å². The van der Waals surface area contributed by atoms with E-state index in [1.165, 1.54) is 18.0 Å². The molecule has 118 valence electrons. The number of aryl methyl sites for hydroxylation is 1. The maximum absolute atomic E-state index is 12.0. The van der Waals surface area contributed by atoms with Crippen molar-refractivity contribution in [3.63, 3.8) is 0 Å². The van der Waals surface area contributed by atoms with Gasteiger partial charge in [-0.25, -0.2) is 14.8 Å². The van der Waals surface area contributed by atoms with Gasteiger partial charge >= 0.3 is 5.97 Å². The third kappa shape index (κ3) is 4.61. The minimum absolute atomic E-state index is 0. The van der Waals surface area contributed by atoms with E-state index in [2.05, 4.69) is 15.3 Å². The molecule has 0 radical (unpaired) electrons. The van der Waals surface area contributed by atoms with Crippen LogP contribution in [-0.4, -0.2) is 28.8 Å². The SMILES string of the molecule is CCOC(=O)c1cnc(SC)nc1Nc1cccc(C)c1.Cl. The molecular formula is C15H18ClN3O2S. The number of aromatic nitrogens is 2. The summed E-state index contributed by atoms with van der Waals surface area (Å²) < 4.78 is 5.04. The van der Waals surface area contributed by atoms with Gasteiger partial charge in [-0.3, -0.25) is 0 Å². The molecule has 1 aromatic carbocycles. The molecule has 0 aliphatic heterocycles. The molecule has 0 amide bonds. The van der Waals surface area contributed by atoms with Crippen LogP contribution < -0.4 is 5.32 Å². The smallest absolute Gasteiger partial charge is 0.343 e. The van der Waals surface area contributed by atoms with Crippen LogP contribution in [0, 0.1) is 6.92 Å². The number of hydrogen-bond acceptors (Lipinski definition) is 6. The van der Waals surface area contributed by atoms with Crippen molar-refractivity contribution in [1.82, 2.24) is 9.97 Å². The van der Waals surface area contributed by atoms with Gasteiger partial charge in [0.1, 0.15) is 11.4 Å². The maximum Gasteiger partial charge on any atom is 0.343 e. The molecule has 0 saturated carbocycles. The minimum Gasteiger partial charge on any atom is -0.462 e. The van der Waals surface area contributed by atoms with Crippen LogP contribution in [-0.2, 0) is 4.74 Å². The summed E-state index contributed by atoms with van der Waals surface area (Å²) >= 11 is 1.42. The fraction of sp³-hybridized carbons (Fsp3) is 0.267. The van der Waals surface area contributed by atoms with Gasteiger partial charge in [0.25, 0.3) is 0 Å². The van der Waals surface area contributed by atoms with Gasteiger partial charge < -0.3 is 10.1 Å². The average Bonchev–Trinajstić information content (AvgIpc) is 2.47. The normalized spacial score (nSPS) is 9.77. The zero-order chi connectivity index (χ0) is 15.2. The molecule has 0 spiro atoms. The van der Waals surface area contributed by atoms with E-state index in [4.69, 9.17) is 4.74 Å². The molecule has 5 nitrogen and oxygen atoms in total. The Labute approximate surface area is 140 Å². The Morgan fingerprint density at radius 1 is 1.41 bits per heavy atom. The predicted octanol–water partition coefficient (Wildman–Crippen LogP) is 3.85. The lowest BCUT2D eigenvalue weighted by Crippen LogP contribution is -2.10. The molecule has 1 aromatic heterocycles. The van der Waals surface area contributed by atoms with Gasteiger partial charge in [0, 0.05) is 11.9 Å². The van der Waals surface area contributed by atoms with E-state index in [0.717, 1.165) is 11.3 Å². The highest BCUT2D eigenvalue weighted by Gasteiger charge is 2.16. The summed E-state index contributed by atoms with van der Waals surface area (Å²) in [7, 11) is 0. The van der Waals surface area contributed by atoms with Crippen molar-refractivity contribution in [1.29, 1.82) is 0 Å². The number of thioether (sulfide) groups is 1. The number of halogens is 1. The Bertz CT molecular complexity index is 652. The van der Waals surface area contributed by atoms with Crippen LogP contribution in [0.1, 0.15) is 22.8 Å². The Balaban J connectivity index is 0.00000242. The summed E-state index contributed by atoms with van der Waals surface area (Å²) in [4.78, 5) is 20.5. The first-order chi connectivity index (χ1) is 10.1. The lowest BCUT2D eigenvalue weighted by atomic mass is 10.2. The van der Waals surface area contributed by atoms with Gasteiger partial charge in [0.2, 0.25) is 0 Å². The molecule has 22 heavy (non-hydrogen) atoms. The molecule has 0 bridgehead atoms. The first-order valence-electron chi connectivity index (χ1n) is 6.56. The second-order valence-corrected chi connectivity index (χ2v) is 5.11. The van der Waals surface area contributed by atoms with Crippen molar-refractivity contribution in [3.8, 4) is 0 Å². The standard InChI is InChI=1S/C15H17N3O2S.ClH/c1-4-20-14(19)12-9-16-15(21-3)18-13(12)17-11-7-5-6-10(2)8-11;/h5-9H,4H2,1-3H3,(H,16,17,18);1H. The molecular weight excluding hydrogens is 322 g/mol. The second-order valence-electron chi connectivity index (χ2n) is 4.33. The number of carbonyl (C=O) groups excluding carboxylic acids is 1. The van der Waals surface area contributed by atoms with Crippen molar-refractivity contribution in [2.75, 3.05) is 18.2 Å². The third-order valence-electron chi connectivity index (χ3n) is 2.73. The second kappa shape index (κ2) is 8.60. The number of benzene rings is 1. The topological polar surface area (TPSA) is 64.1 Å². The van der Waals surface area contributed by atoms with Crippen molar-refractivity contribution in [3.05, 3.63) is 41.6 Å². The Kier molecular flexibility index (Phi) is 7.14. The predicted molar refractivity (Wildman–Crippen MR) is 91.5 cm³/mol. The van der Waals surface area contributed by atoms with Crippen LogP contribution in [0.25, 0.3) is 0 Å². The van der Waals surface area contributed by atoms with Crippen LogP contribution in [0.2, 0.25) is 0 Å². The molecule has 2 aromatic rings. The zero-order valence-electron chi connectivity index (χ0n) is 12.6. The minimum atomic E-state index is -0.430. The van der Waals surface area contributed by atoms with E-state index >= 15 is 0 Å². The number of rotatable bonds is 5. The molecule has 7 heteroatoms. The number of ether oxygens (including phenoxy) is 1. The lowest BCUT2D eigenvalue weighted by Gasteiger charge is -2.11. The lowest BCUT2D eigenvalue weighted by molar-refractivity contribution is 0.0526. The van der Waals surface area contributed by atoms with Crippen molar-refractivity contribution >= 4 is 41.6 Å². The molecule has 0 atom stereocenters. The first kappa shape index (κ1) is 18.3. The monoisotopic (exact) mass is 339 g/mol. The van der Waals surface area contributed by atoms with Crippen LogP contribution in [0.5, 0.6) is 0 Å². The number of nitrogens with zero attached hydrogens (tertiary/aromatic N) is 2. The third-order valence-corrected chi connectivity index (χ3v) is 3.29. The summed E-state index contributed by atoms with van der Waals surface area (Å²) in [6.07, 6.45) is 3.38. The van der Waals surface area contributed by atoms with E-state index in [1.54, 1.807) is 6.92 Å². The van der Waals surface area contributed by atoms with Crippen LogP contribution >= 0.6 is 24.2 Å². The highest BCUT2D eigenvalue weighted by molar-refractivity contribution is 7.98. The van der Waals surface area contributed by atoms with Gasteiger partial charge in [-0.2, -0.15) is 0 Å². The van der Waals surface area contributed by atoms with Gasteiger partial charge in [0.15, 0.2) is 5.16 Å². The zero-order valence-corrected chi connectivity index (χ0v) is 14.3. The highest BCUT2D eigenvalue weighted by atomic mass is 35.5. The summed E-state index contributed by atoms with van der Waals surface area (Å²) in [6, 6.07) is 7.85. The van der Waals surface area contributed by atoms with Crippen LogP contribution in [0.3, 0.4) is 0 Å². The number of hydrogen-bond donors (Lipinski definition) is 1. The number of anilines is 2. The molecule has 0 aliphatic rings. The van der Waals surface area contributed by atoms with Crippen molar-refractivity contribution < 1.29 is 9.53 Å². The Morgan fingerprint density at radius 3 is 2.82 bits per heavy atom. The van der Waals surface area contributed by atoms with Crippen molar-refractivity contribution in [2.45, 2.75) is 19.0 Å². The Hall–Kier alpha value is -1.79. The fourth-order valence-electron chi connectivity index (χ4n) is 1.78. The van der Waals surface area contributed by atoms with Crippen LogP contribution in [0.4, 0.5) is 11.5 Å². The molecule has 1 heterocycles. The summed E-state index contributed by atoms with van der Waals surface area (Å²) in [5.74, 6) is 0.0266. The maximum atomic E-state index is 12.0. The summed E-state index contributed by atoms with van der Waals surface area (Å²) in [5, 5.41) is 3.76. The van der Waals surface area contributed by atoms with Gasteiger partial charge in [-0.15, -0.1) is 12.4 Å². The van der Waals surface area contributed by atoms with E-state index in [1.807, 2.05) is 37.4 Å². The van der Waals surface area contributed by atoms with Crippen LogP contribution in [0.15, 0.2) is 35.6 Å². The quantitative estimate of drug-likeness (QED) is 0.507. The van der Waals surface area contributed by atoms with Crippen molar-refractivity contribution in [2.24, 2.45) is 0 Å². The molecule has 1 N–H and O–H groups in total. The molecule has 0 saturated heterocycles. The first-order valence-corrected chi connectivity index (χ1v) is 7.78. The molecule has 2 rings (SSSR count). The number of esters is 1. The molecule has 0 unspecified atom stereocenters. The summed E-state index contributed by atoms with van der Waals surface area (Å²) in [6.45, 7) is 4.08. The molecule has 0 aliphatic carbocycles. The highest BCUT2D eigenvalue weighted by Crippen LogP contribution is 2.22. The van der Waals surface area contributed by atoms with E-state index in [-0.39, 0.29) is 12.4 Å². The van der Waals surface area contributed by atoms with E-state index < -0.39 is 5.97 Å².